The van der Waals surface area contributed by atoms with Crippen molar-refractivity contribution in [2.24, 2.45) is 0 Å². The zero-order chi connectivity index (χ0) is 26.5. The van der Waals surface area contributed by atoms with Gasteiger partial charge in [0.05, 0.1) is 17.2 Å². The first kappa shape index (κ1) is 26.8. The third kappa shape index (κ3) is 6.54. The molecule has 11 heteroatoms. The summed E-state index contributed by atoms with van der Waals surface area (Å²) in [5.41, 5.74) is 3.56. The Kier molecular flexibility index (Phi) is 8.58. The molecule has 0 unspecified atom stereocenters. The molecule has 0 aliphatic rings. The van der Waals surface area contributed by atoms with Crippen LogP contribution in [0, 0.1) is 24.0 Å². The summed E-state index contributed by atoms with van der Waals surface area (Å²) in [6, 6.07) is 18.5. The third-order valence-corrected chi connectivity index (χ3v) is 7.51. The van der Waals surface area contributed by atoms with Crippen LogP contribution in [0.2, 0.25) is 10.0 Å². The van der Waals surface area contributed by atoms with Gasteiger partial charge in [0.1, 0.15) is 17.7 Å². The molecule has 192 valence electrons. The lowest BCUT2D eigenvalue weighted by Gasteiger charge is -2.17. The van der Waals surface area contributed by atoms with E-state index in [2.05, 4.69) is 10.2 Å². The molecule has 1 heterocycles. The summed E-state index contributed by atoms with van der Waals surface area (Å²) < 4.78 is 13.4. The van der Waals surface area contributed by atoms with Gasteiger partial charge in [-0.15, -0.1) is 10.2 Å². The van der Waals surface area contributed by atoms with Crippen LogP contribution in [-0.2, 0) is 6.61 Å². The Morgan fingerprint density at radius 1 is 1.00 bits per heavy atom. The van der Waals surface area contributed by atoms with Crippen LogP contribution in [0.15, 0.2) is 65.8 Å². The molecule has 4 rings (SSSR count). The van der Waals surface area contributed by atoms with Crippen molar-refractivity contribution in [1.82, 2.24) is 14.8 Å². The summed E-state index contributed by atoms with van der Waals surface area (Å²) in [7, 11) is 1.53. The number of aryl methyl sites for hydroxylation is 2. The zero-order valence-corrected chi connectivity index (χ0v) is 22.7. The van der Waals surface area contributed by atoms with Gasteiger partial charge < -0.3 is 9.47 Å². The first-order chi connectivity index (χ1) is 17.7. The molecule has 0 aliphatic carbocycles. The molecule has 0 N–H and O–H groups in total. The van der Waals surface area contributed by atoms with Crippen LogP contribution in [0.25, 0.3) is 5.69 Å². The molecule has 0 saturated carbocycles. The Morgan fingerprint density at radius 2 is 1.76 bits per heavy atom. The topological polar surface area (TPSA) is 92.3 Å². The second kappa shape index (κ2) is 11.9. The summed E-state index contributed by atoms with van der Waals surface area (Å²) in [5, 5.41) is 21.0. The minimum absolute atomic E-state index is 0.249. The Balaban J connectivity index is 1.59. The lowest BCUT2D eigenvalue weighted by atomic mass is 10.1. The molecule has 8 nitrogen and oxygen atoms in total. The molecular weight excluding hydrogens is 535 g/mol. The van der Waals surface area contributed by atoms with Crippen molar-refractivity contribution >= 4 is 35.0 Å². The van der Waals surface area contributed by atoms with Gasteiger partial charge in [-0.1, -0.05) is 64.8 Å². The number of hydrogen-bond donors (Lipinski definition) is 0. The molecule has 0 radical (unpaired) electrons. The molecule has 1 atom stereocenters. The lowest BCUT2D eigenvalue weighted by Crippen LogP contribution is -2.11. The molecular formula is C26H24Cl2N4O4S. The quantitative estimate of drug-likeness (QED) is 0.119. The van der Waals surface area contributed by atoms with E-state index in [4.69, 9.17) is 32.7 Å². The highest BCUT2D eigenvalue weighted by Crippen LogP contribution is 2.39. The van der Waals surface area contributed by atoms with E-state index < -0.39 is 5.25 Å². The maximum atomic E-state index is 11.6. The average Bonchev–Trinajstić information content (AvgIpc) is 3.24. The maximum Gasteiger partial charge on any atom is 0.220 e. The van der Waals surface area contributed by atoms with Gasteiger partial charge in [-0.25, -0.2) is 0 Å². The Hall–Kier alpha value is -3.27. The van der Waals surface area contributed by atoms with Crippen molar-refractivity contribution in [3.05, 3.63) is 103 Å². The van der Waals surface area contributed by atoms with Gasteiger partial charge in [0.2, 0.25) is 6.54 Å². The van der Waals surface area contributed by atoms with Gasteiger partial charge in [0.25, 0.3) is 0 Å². The highest BCUT2D eigenvalue weighted by molar-refractivity contribution is 7.99. The fourth-order valence-corrected chi connectivity index (χ4v) is 5.16. The Labute approximate surface area is 228 Å². The number of methoxy groups -OCH3 is 1. The summed E-state index contributed by atoms with van der Waals surface area (Å²) in [6.45, 7) is 3.80. The third-order valence-electron chi connectivity index (χ3n) is 5.59. The first-order valence-corrected chi connectivity index (χ1v) is 12.9. The van der Waals surface area contributed by atoms with E-state index in [-0.39, 0.29) is 18.1 Å². The van der Waals surface area contributed by atoms with E-state index >= 15 is 0 Å². The summed E-state index contributed by atoms with van der Waals surface area (Å²) in [4.78, 5) is 11.2. The second-order valence-corrected chi connectivity index (χ2v) is 10.3. The average molecular weight is 559 g/mol. The molecule has 0 bridgehead atoms. The minimum atomic E-state index is -0.541. The van der Waals surface area contributed by atoms with Gasteiger partial charge in [0, 0.05) is 10.6 Å². The van der Waals surface area contributed by atoms with E-state index in [0.29, 0.717) is 38.1 Å². The fraction of sp³-hybridized carbons (Fsp3) is 0.231. The number of nitrogens with zero attached hydrogens (tertiary/aromatic N) is 4. The summed E-state index contributed by atoms with van der Waals surface area (Å²) >= 11 is 13.4. The van der Waals surface area contributed by atoms with Crippen molar-refractivity contribution in [2.75, 3.05) is 13.7 Å². The predicted molar refractivity (Wildman–Crippen MR) is 145 cm³/mol. The van der Waals surface area contributed by atoms with Crippen LogP contribution in [0.4, 0.5) is 0 Å². The largest absolute Gasteiger partial charge is 0.493 e. The van der Waals surface area contributed by atoms with Gasteiger partial charge >= 0.3 is 0 Å². The van der Waals surface area contributed by atoms with E-state index in [1.165, 1.54) is 18.9 Å². The van der Waals surface area contributed by atoms with Crippen LogP contribution in [0.1, 0.15) is 27.8 Å². The van der Waals surface area contributed by atoms with Crippen molar-refractivity contribution in [3.8, 4) is 17.2 Å². The van der Waals surface area contributed by atoms with Gasteiger partial charge in [-0.3, -0.25) is 14.7 Å². The summed E-state index contributed by atoms with van der Waals surface area (Å²) in [5.74, 6) is 1.65. The van der Waals surface area contributed by atoms with Crippen molar-refractivity contribution in [2.45, 2.75) is 30.9 Å². The molecule has 0 amide bonds. The zero-order valence-electron chi connectivity index (χ0n) is 20.4. The first-order valence-electron chi connectivity index (χ1n) is 11.3. The molecule has 0 spiro atoms. The molecule has 0 aliphatic heterocycles. The SMILES string of the molecule is COc1cc([C@@H](C[N+](=O)[O-])Sc2nnc(C)n2-c2ccc(C)cc2)ccc1OCc1ccc(Cl)c(Cl)c1. The molecule has 0 saturated heterocycles. The van der Waals surface area contributed by atoms with Gasteiger partial charge in [-0.05, 0) is 61.4 Å². The van der Waals surface area contributed by atoms with E-state index in [1.807, 2.05) is 48.7 Å². The monoisotopic (exact) mass is 558 g/mol. The van der Waals surface area contributed by atoms with Gasteiger partial charge in [0.15, 0.2) is 16.7 Å². The molecule has 1 aromatic heterocycles. The number of nitro groups is 1. The highest BCUT2D eigenvalue weighted by atomic mass is 35.5. The Morgan fingerprint density at radius 3 is 2.43 bits per heavy atom. The number of ether oxygens (including phenoxy) is 2. The van der Waals surface area contributed by atoms with Crippen molar-refractivity contribution in [3.63, 3.8) is 0 Å². The van der Waals surface area contributed by atoms with Crippen LogP contribution in [-0.4, -0.2) is 33.3 Å². The number of halogens is 2. The Bertz CT molecular complexity index is 1410. The van der Waals surface area contributed by atoms with Crippen LogP contribution < -0.4 is 9.47 Å². The minimum Gasteiger partial charge on any atom is -0.493 e. The van der Waals surface area contributed by atoms with Crippen LogP contribution in [0.3, 0.4) is 0 Å². The molecule has 0 fully saturated rings. The van der Waals surface area contributed by atoms with Gasteiger partial charge in [-0.2, -0.15) is 0 Å². The fourth-order valence-electron chi connectivity index (χ4n) is 3.68. The smallest absolute Gasteiger partial charge is 0.220 e. The highest BCUT2D eigenvalue weighted by Gasteiger charge is 2.25. The predicted octanol–water partition coefficient (Wildman–Crippen LogP) is 6.89. The lowest BCUT2D eigenvalue weighted by molar-refractivity contribution is -0.479. The molecule has 37 heavy (non-hydrogen) atoms. The van der Waals surface area contributed by atoms with Crippen molar-refractivity contribution in [1.29, 1.82) is 0 Å². The van der Waals surface area contributed by atoms with E-state index in [0.717, 1.165) is 16.8 Å². The maximum absolute atomic E-state index is 11.6. The summed E-state index contributed by atoms with van der Waals surface area (Å²) in [6.07, 6.45) is 0. The molecule has 3 aromatic carbocycles. The second-order valence-electron chi connectivity index (χ2n) is 8.27. The van der Waals surface area contributed by atoms with Crippen LogP contribution in [0.5, 0.6) is 11.5 Å². The standard InChI is InChI=1S/C26H24Cl2N4O4S/c1-16-4-8-20(9-5-16)32-17(2)29-30-26(32)37-25(14-31(33)34)19-7-11-23(24(13-19)35-3)36-15-18-6-10-21(27)22(28)12-18/h4-13,25H,14-15H2,1-3H3/t25-/m1/s1. The normalized spacial score (nSPS) is 11.8. The number of hydrogen-bond acceptors (Lipinski definition) is 7. The van der Waals surface area contributed by atoms with Crippen LogP contribution >= 0.6 is 35.0 Å². The molecule has 4 aromatic rings. The number of benzene rings is 3. The van der Waals surface area contributed by atoms with Crippen molar-refractivity contribution < 1.29 is 14.4 Å². The number of aromatic nitrogens is 3. The number of thioether (sulfide) groups is 1. The number of rotatable bonds is 10. The van der Waals surface area contributed by atoms with E-state index in [1.54, 1.807) is 30.3 Å². The van der Waals surface area contributed by atoms with E-state index in [9.17, 15) is 10.1 Å².